The van der Waals surface area contributed by atoms with Gasteiger partial charge in [-0.3, -0.25) is 9.69 Å². The van der Waals surface area contributed by atoms with E-state index in [2.05, 4.69) is 18.7 Å². The second-order valence-electron chi connectivity index (χ2n) is 5.99. The van der Waals surface area contributed by atoms with E-state index < -0.39 is 0 Å². The minimum atomic E-state index is 0.460. The molecule has 2 nitrogen and oxygen atoms in total. The first-order chi connectivity index (χ1) is 7.07. The molecule has 0 N–H and O–H groups in total. The van der Waals surface area contributed by atoms with Crippen molar-refractivity contribution in [2.24, 2.45) is 5.41 Å². The van der Waals surface area contributed by atoms with Gasteiger partial charge in [0, 0.05) is 32.0 Å². The summed E-state index contributed by atoms with van der Waals surface area (Å²) in [6.07, 6.45) is 6.98. The van der Waals surface area contributed by atoms with Gasteiger partial charge in [0.15, 0.2) is 0 Å². The minimum absolute atomic E-state index is 0.460. The van der Waals surface area contributed by atoms with Crippen LogP contribution in [0.15, 0.2) is 0 Å². The maximum atomic E-state index is 11.2. The number of hydrogen-bond donors (Lipinski definition) is 0. The predicted octanol–water partition coefficient (Wildman–Crippen LogP) is 2.62. The molecule has 1 aliphatic carbocycles. The monoisotopic (exact) mass is 209 g/mol. The van der Waals surface area contributed by atoms with Gasteiger partial charge in [0.2, 0.25) is 0 Å². The molecule has 2 rings (SSSR count). The number of carbonyl (C=O) groups is 1. The lowest BCUT2D eigenvalue weighted by Gasteiger charge is -2.42. The Kier molecular flexibility index (Phi) is 3.15. The van der Waals surface area contributed by atoms with Gasteiger partial charge in [0.1, 0.15) is 5.78 Å². The van der Waals surface area contributed by atoms with Crippen LogP contribution in [0.5, 0.6) is 0 Å². The summed E-state index contributed by atoms with van der Waals surface area (Å²) in [5.41, 5.74) is 0.518. The summed E-state index contributed by atoms with van der Waals surface area (Å²) in [5, 5.41) is 0. The third-order valence-corrected chi connectivity index (χ3v) is 4.05. The van der Waals surface area contributed by atoms with Crippen LogP contribution in [0.4, 0.5) is 0 Å². The Morgan fingerprint density at radius 2 is 1.93 bits per heavy atom. The van der Waals surface area contributed by atoms with Gasteiger partial charge in [-0.25, -0.2) is 0 Å². The average molecular weight is 209 g/mol. The van der Waals surface area contributed by atoms with Crippen LogP contribution in [0.25, 0.3) is 0 Å². The van der Waals surface area contributed by atoms with Crippen molar-refractivity contribution in [3.8, 4) is 0 Å². The van der Waals surface area contributed by atoms with Crippen molar-refractivity contribution in [1.29, 1.82) is 0 Å². The van der Waals surface area contributed by atoms with E-state index in [1.54, 1.807) is 0 Å². The van der Waals surface area contributed by atoms with Gasteiger partial charge in [-0.1, -0.05) is 20.3 Å². The molecule has 1 heterocycles. The van der Waals surface area contributed by atoms with E-state index in [1.165, 1.54) is 25.7 Å². The highest BCUT2D eigenvalue weighted by molar-refractivity contribution is 5.79. The van der Waals surface area contributed by atoms with E-state index in [0.717, 1.165) is 32.0 Å². The molecule has 0 aromatic rings. The van der Waals surface area contributed by atoms with Crippen molar-refractivity contribution in [3.05, 3.63) is 0 Å². The number of rotatable bonds is 1. The second-order valence-corrected chi connectivity index (χ2v) is 5.99. The molecule has 0 aromatic carbocycles. The Labute approximate surface area is 93.0 Å². The van der Waals surface area contributed by atoms with Crippen molar-refractivity contribution in [2.75, 3.05) is 13.1 Å². The number of Topliss-reactive ketones (excluding diaryl/α,β-unsaturated/α-hetero) is 1. The first-order valence-corrected chi connectivity index (χ1v) is 6.33. The molecule has 0 bridgehead atoms. The molecule has 0 amide bonds. The predicted molar refractivity (Wildman–Crippen MR) is 61.9 cm³/mol. The van der Waals surface area contributed by atoms with Gasteiger partial charge in [-0.2, -0.15) is 0 Å². The lowest BCUT2D eigenvalue weighted by atomic mass is 9.74. The van der Waals surface area contributed by atoms with E-state index in [0.29, 0.717) is 11.2 Å². The normalized spacial score (nSPS) is 32.9. The third-order valence-electron chi connectivity index (χ3n) is 4.05. The topological polar surface area (TPSA) is 20.3 Å². The van der Waals surface area contributed by atoms with Crippen molar-refractivity contribution in [1.82, 2.24) is 4.90 Å². The van der Waals surface area contributed by atoms with Crippen LogP contribution in [0.3, 0.4) is 0 Å². The van der Waals surface area contributed by atoms with Gasteiger partial charge in [0.05, 0.1) is 0 Å². The van der Waals surface area contributed by atoms with E-state index in [9.17, 15) is 4.79 Å². The molecule has 2 fully saturated rings. The zero-order chi connectivity index (χ0) is 10.9. The zero-order valence-electron chi connectivity index (χ0n) is 10.1. The molecular formula is C13H23NO. The minimum Gasteiger partial charge on any atom is -0.300 e. The van der Waals surface area contributed by atoms with Crippen molar-refractivity contribution in [2.45, 2.75) is 58.4 Å². The van der Waals surface area contributed by atoms with Crippen molar-refractivity contribution in [3.63, 3.8) is 0 Å². The maximum Gasteiger partial charge on any atom is 0.135 e. The number of nitrogens with zero attached hydrogens (tertiary/aromatic N) is 1. The molecule has 2 aliphatic rings. The van der Waals surface area contributed by atoms with Crippen LogP contribution >= 0.6 is 0 Å². The van der Waals surface area contributed by atoms with Crippen LogP contribution in [0.1, 0.15) is 52.4 Å². The summed E-state index contributed by atoms with van der Waals surface area (Å²) >= 11 is 0. The summed E-state index contributed by atoms with van der Waals surface area (Å²) in [5.74, 6) is 0.460. The van der Waals surface area contributed by atoms with E-state index in [-0.39, 0.29) is 0 Å². The Hall–Kier alpha value is -0.370. The molecule has 0 aromatic heterocycles. The summed E-state index contributed by atoms with van der Waals surface area (Å²) < 4.78 is 0. The largest absolute Gasteiger partial charge is 0.300 e. The fourth-order valence-corrected chi connectivity index (χ4v) is 3.11. The lowest BCUT2D eigenvalue weighted by molar-refractivity contribution is -0.122. The number of ketones is 1. The first-order valence-electron chi connectivity index (χ1n) is 6.33. The molecule has 2 heteroatoms. The Bertz CT molecular complexity index is 237. The van der Waals surface area contributed by atoms with Gasteiger partial charge in [0.25, 0.3) is 0 Å². The van der Waals surface area contributed by atoms with Crippen molar-refractivity contribution >= 4 is 5.78 Å². The molecule has 1 saturated heterocycles. The molecule has 0 radical (unpaired) electrons. The van der Waals surface area contributed by atoms with Crippen LogP contribution in [0, 0.1) is 5.41 Å². The molecule has 1 atom stereocenters. The Morgan fingerprint density at radius 3 is 2.53 bits per heavy atom. The number of hydrogen-bond acceptors (Lipinski definition) is 2. The molecule has 86 valence electrons. The molecular weight excluding hydrogens is 186 g/mol. The van der Waals surface area contributed by atoms with Crippen LogP contribution in [-0.4, -0.2) is 29.8 Å². The number of piperidine rings is 1. The van der Waals surface area contributed by atoms with Gasteiger partial charge >= 0.3 is 0 Å². The lowest BCUT2D eigenvalue weighted by Crippen LogP contribution is -2.45. The van der Waals surface area contributed by atoms with E-state index >= 15 is 0 Å². The quantitative estimate of drug-likeness (QED) is 0.661. The first kappa shape index (κ1) is 11.1. The Morgan fingerprint density at radius 1 is 1.27 bits per heavy atom. The zero-order valence-corrected chi connectivity index (χ0v) is 10.1. The molecule has 1 aliphatic heterocycles. The van der Waals surface area contributed by atoms with Crippen molar-refractivity contribution < 1.29 is 4.79 Å². The molecule has 1 unspecified atom stereocenters. The van der Waals surface area contributed by atoms with Crippen LogP contribution in [0.2, 0.25) is 0 Å². The molecule has 1 saturated carbocycles. The summed E-state index contributed by atoms with van der Waals surface area (Å²) in [6, 6.07) is 0.752. The number of carbonyl (C=O) groups excluding carboxylic acids is 1. The highest BCUT2D eigenvalue weighted by atomic mass is 16.1. The maximum absolute atomic E-state index is 11.2. The summed E-state index contributed by atoms with van der Waals surface area (Å²) in [4.78, 5) is 13.7. The fraction of sp³-hybridized carbons (Fsp3) is 0.923. The van der Waals surface area contributed by atoms with E-state index in [4.69, 9.17) is 0 Å². The highest BCUT2D eigenvalue weighted by Crippen LogP contribution is 2.37. The Balaban J connectivity index is 1.90. The second kappa shape index (κ2) is 4.25. The SMILES string of the molecule is CC1(C)CCCC(N2CCC(=O)CC2)C1. The third kappa shape index (κ3) is 2.81. The molecule has 0 spiro atoms. The van der Waals surface area contributed by atoms with Gasteiger partial charge < -0.3 is 0 Å². The highest BCUT2D eigenvalue weighted by Gasteiger charge is 2.32. The van der Waals surface area contributed by atoms with E-state index in [1.807, 2.05) is 0 Å². The van der Waals surface area contributed by atoms with Gasteiger partial charge in [-0.15, -0.1) is 0 Å². The van der Waals surface area contributed by atoms with Gasteiger partial charge in [-0.05, 0) is 24.7 Å². The number of likely N-dealkylation sites (tertiary alicyclic amines) is 1. The smallest absolute Gasteiger partial charge is 0.135 e. The average Bonchev–Trinajstić information content (AvgIpc) is 2.17. The van der Waals surface area contributed by atoms with Crippen LogP contribution < -0.4 is 0 Å². The van der Waals surface area contributed by atoms with Crippen LogP contribution in [-0.2, 0) is 4.79 Å². The summed E-state index contributed by atoms with van der Waals surface area (Å²) in [6.45, 7) is 6.79. The standard InChI is InChI=1S/C13H23NO/c1-13(2)7-3-4-11(10-13)14-8-5-12(15)6-9-14/h11H,3-10H2,1-2H3. The summed E-state index contributed by atoms with van der Waals surface area (Å²) in [7, 11) is 0. The fourth-order valence-electron chi connectivity index (χ4n) is 3.11. The molecule has 15 heavy (non-hydrogen) atoms.